The van der Waals surface area contributed by atoms with Crippen LogP contribution < -0.4 is 29.6 Å². The number of rotatable bonds is 9. The van der Waals surface area contributed by atoms with Crippen molar-refractivity contribution < 1.29 is 23.7 Å². The Morgan fingerprint density at radius 1 is 0.857 bits per heavy atom. The highest BCUT2D eigenvalue weighted by Crippen LogP contribution is 2.42. The van der Waals surface area contributed by atoms with Crippen LogP contribution in [0.1, 0.15) is 45.6 Å². The Morgan fingerprint density at radius 2 is 1.60 bits per heavy atom. The van der Waals surface area contributed by atoms with Crippen LogP contribution in [0.2, 0.25) is 0 Å². The molecule has 0 fully saturated rings. The van der Waals surface area contributed by atoms with Crippen molar-refractivity contribution in [1.29, 1.82) is 0 Å². The Bertz CT molecular complexity index is 1190. The predicted molar refractivity (Wildman–Crippen MR) is 140 cm³/mol. The fraction of sp³-hybridized carbons (Fsp3) is 0.370. The van der Waals surface area contributed by atoms with Gasteiger partial charge in [-0.3, -0.25) is 4.79 Å². The molecular weight excluding hydrogens is 464 g/mol. The number of amides is 1. The monoisotopic (exact) mass is 496 g/mol. The van der Waals surface area contributed by atoms with Crippen LogP contribution in [-0.2, 0) is 19.4 Å². The van der Waals surface area contributed by atoms with E-state index < -0.39 is 0 Å². The average Bonchev–Trinajstić information content (AvgIpc) is 3.07. The third-order valence-corrected chi connectivity index (χ3v) is 7.48. The summed E-state index contributed by atoms with van der Waals surface area (Å²) >= 11 is 1.67. The minimum atomic E-state index is -0.129. The van der Waals surface area contributed by atoms with Gasteiger partial charge in [-0.05, 0) is 55.5 Å². The summed E-state index contributed by atoms with van der Waals surface area (Å²) in [6, 6.07) is 11.3. The Hall–Kier alpha value is -3.39. The molecule has 1 amide bonds. The molecule has 0 bridgehead atoms. The summed E-state index contributed by atoms with van der Waals surface area (Å²) in [5.41, 5.74) is 3.44. The lowest BCUT2D eigenvalue weighted by atomic mass is 10.0. The van der Waals surface area contributed by atoms with Crippen LogP contribution in [0, 0.1) is 0 Å². The van der Waals surface area contributed by atoms with Gasteiger partial charge in [-0.15, -0.1) is 11.3 Å². The van der Waals surface area contributed by atoms with Gasteiger partial charge in [-0.1, -0.05) is 18.6 Å². The number of anilines is 2. The highest BCUT2D eigenvalue weighted by Gasteiger charge is 2.26. The molecule has 2 aromatic carbocycles. The molecule has 0 saturated carbocycles. The van der Waals surface area contributed by atoms with Crippen LogP contribution in [-0.4, -0.2) is 34.3 Å². The van der Waals surface area contributed by atoms with Gasteiger partial charge in [0.05, 0.1) is 39.7 Å². The zero-order valence-corrected chi connectivity index (χ0v) is 21.5. The maximum Gasteiger partial charge on any atom is 0.259 e. The zero-order chi connectivity index (χ0) is 24.8. The number of thiophene rings is 1. The maximum atomic E-state index is 13.6. The number of para-hydroxylation sites is 2. The summed E-state index contributed by atoms with van der Waals surface area (Å²) in [5.74, 6) is 2.26. The molecule has 0 spiro atoms. The number of carbonyl (C=O) groups is 1. The standard InChI is InChI=1S/C27H32N2O5S/c1-31-20-12-9-8-11-19(20)29-26(30)23-18-10-6-5-7-13-22(18)35-27(23)28-16-17-14-15-21(32-2)25(34-4)24(17)33-3/h8-9,11-12,14-15,28H,5-7,10,13,16H2,1-4H3,(H,29,30). The maximum absolute atomic E-state index is 13.6. The molecule has 3 aromatic rings. The summed E-state index contributed by atoms with van der Waals surface area (Å²) in [4.78, 5) is 14.9. The molecule has 0 unspecified atom stereocenters. The van der Waals surface area contributed by atoms with E-state index in [0.29, 0.717) is 35.2 Å². The summed E-state index contributed by atoms with van der Waals surface area (Å²) in [6.07, 6.45) is 5.31. The third-order valence-electron chi connectivity index (χ3n) is 6.23. The minimum Gasteiger partial charge on any atom is -0.495 e. The molecule has 0 saturated heterocycles. The van der Waals surface area contributed by atoms with Gasteiger partial charge in [-0.2, -0.15) is 0 Å². The predicted octanol–water partition coefficient (Wildman–Crippen LogP) is 5.92. The van der Waals surface area contributed by atoms with Crippen LogP contribution in [0.25, 0.3) is 0 Å². The molecule has 1 aliphatic carbocycles. The van der Waals surface area contributed by atoms with Gasteiger partial charge in [0.15, 0.2) is 11.5 Å². The van der Waals surface area contributed by atoms with Crippen molar-refractivity contribution in [1.82, 2.24) is 0 Å². The fourth-order valence-electron chi connectivity index (χ4n) is 4.52. The molecule has 2 N–H and O–H groups in total. The molecule has 35 heavy (non-hydrogen) atoms. The molecule has 1 aromatic heterocycles. The van der Waals surface area contributed by atoms with Gasteiger partial charge in [0.1, 0.15) is 10.8 Å². The van der Waals surface area contributed by atoms with Gasteiger partial charge >= 0.3 is 0 Å². The van der Waals surface area contributed by atoms with Crippen molar-refractivity contribution in [2.24, 2.45) is 0 Å². The molecule has 0 atom stereocenters. The fourth-order valence-corrected chi connectivity index (χ4v) is 5.80. The molecule has 186 valence electrons. The van der Waals surface area contributed by atoms with Gasteiger partial charge in [0.25, 0.3) is 5.91 Å². The van der Waals surface area contributed by atoms with Gasteiger partial charge in [-0.25, -0.2) is 0 Å². The van der Waals surface area contributed by atoms with Crippen LogP contribution in [0.3, 0.4) is 0 Å². The van der Waals surface area contributed by atoms with Gasteiger partial charge < -0.3 is 29.6 Å². The summed E-state index contributed by atoms with van der Waals surface area (Å²) < 4.78 is 22.0. The first-order valence-electron chi connectivity index (χ1n) is 11.7. The molecule has 7 nitrogen and oxygen atoms in total. The number of fused-ring (bicyclic) bond motifs is 1. The lowest BCUT2D eigenvalue weighted by Gasteiger charge is -2.17. The molecule has 0 radical (unpaired) electrons. The first kappa shape index (κ1) is 24.7. The smallest absolute Gasteiger partial charge is 0.259 e. The number of benzene rings is 2. The lowest BCUT2D eigenvalue weighted by Crippen LogP contribution is -2.16. The van der Waals surface area contributed by atoms with E-state index in [1.54, 1.807) is 39.8 Å². The summed E-state index contributed by atoms with van der Waals surface area (Å²) in [5, 5.41) is 7.45. The molecule has 4 rings (SSSR count). The lowest BCUT2D eigenvalue weighted by molar-refractivity contribution is 0.102. The van der Waals surface area contributed by atoms with E-state index in [-0.39, 0.29) is 5.91 Å². The van der Waals surface area contributed by atoms with Crippen LogP contribution >= 0.6 is 11.3 Å². The van der Waals surface area contributed by atoms with E-state index in [9.17, 15) is 4.79 Å². The normalized spacial score (nSPS) is 12.8. The van der Waals surface area contributed by atoms with Crippen LogP contribution in [0.4, 0.5) is 10.7 Å². The first-order valence-corrected chi connectivity index (χ1v) is 12.5. The van der Waals surface area contributed by atoms with Gasteiger partial charge in [0, 0.05) is 17.0 Å². The summed E-state index contributed by atoms with van der Waals surface area (Å²) in [7, 11) is 6.40. The Balaban J connectivity index is 1.66. The van der Waals surface area contributed by atoms with E-state index >= 15 is 0 Å². The Labute approximate surface area is 210 Å². The first-order chi connectivity index (χ1) is 17.1. The number of ether oxygens (including phenoxy) is 4. The van der Waals surface area contributed by atoms with Crippen molar-refractivity contribution in [2.75, 3.05) is 39.1 Å². The van der Waals surface area contributed by atoms with E-state index in [1.807, 2.05) is 36.4 Å². The Kier molecular flexibility index (Phi) is 8.02. The molecular formula is C27H32N2O5S. The Morgan fingerprint density at radius 3 is 2.34 bits per heavy atom. The van der Waals surface area contributed by atoms with Crippen molar-refractivity contribution in [3.63, 3.8) is 0 Å². The number of carbonyl (C=O) groups excluding carboxylic acids is 1. The highest BCUT2D eigenvalue weighted by molar-refractivity contribution is 7.16. The van der Waals surface area contributed by atoms with E-state index in [0.717, 1.165) is 47.4 Å². The van der Waals surface area contributed by atoms with Crippen molar-refractivity contribution >= 4 is 27.9 Å². The molecule has 1 aliphatic rings. The largest absolute Gasteiger partial charge is 0.495 e. The number of hydrogen-bond acceptors (Lipinski definition) is 7. The second-order valence-corrected chi connectivity index (χ2v) is 9.38. The van der Waals surface area contributed by atoms with Crippen molar-refractivity contribution in [3.05, 3.63) is 58.0 Å². The number of hydrogen-bond donors (Lipinski definition) is 2. The molecule has 8 heteroatoms. The third kappa shape index (κ3) is 5.17. The second-order valence-electron chi connectivity index (χ2n) is 8.27. The topological polar surface area (TPSA) is 78.1 Å². The van der Waals surface area contributed by atoms with Gasteiger partial charge in [0.2, 0.25) is 5.75 Å². The van der Waals surface area contributed by atoms with Crippen molar-refractivity contribution in [2.45, 2.75) is 38.6 Å². The molecule has 1 heterocycles. The second kappa shape index (κ2) is 11.4. The highest BCUT2D eigenvalue weighted by atomic mass is 32.1. The van der Waals surface area contributed by atoms with E-state index in [4.69, 9.17) is 18.9 Å². The zero-order valence-electron chi connectivity index (χ0n) is 20.7. The number of methoxy groups -OCH3 is 4. The summed E-state index contributed by atoms with van der Waals surface area (Å²) in [6.45, 7) is 0.470. The number of aryl methyl sites for hydroxylation is 1. The SMILES string of the molecule is COc1ccccc1NC(=O)c1c(NCc2ccc(OC)c(OC)c2OC)sc2c1CCCCC2. The number of nitrogens with one attached hydrogen (secondary N) is 2. The van der Waals surface area contributed by atoms with Crippen molar-refractivity contribution in [3.8, 4) is 23.0 Å². The van der Waals surface area contributed by atoms with Crippen LogP contribution in [0.5, 0.6) is 23.0 Å². The van der Waals surface area contributed by atoms with Crippen LogP contribution in [0.15, 0.2) is 36.4 Å². The van der Waals surface area contributed by atoms with E-state index in [1.165, 1.54) is 11.3 Å². The quantitative estimate of drug-likeness (QED) is 0.358. The molecule has 0 aliphatic heterocycles. The minimum absolute atomic E-state index is 0.129. The average molecular weight is 497 g/mol. The van der Waals surface area contributed by atoms with E-state index in [2.05, 4.69) is 10.6 Å².